The largest absolute Gasteiger partial charge is 0.355 e. The van der Waals surface area contributed by atoms with Crippen molar-refractivity contribution in [3.05, 3.63) is 12.3 Å². The summed E-state index contributed by atoms with van der Waals surface area (Å²) < 4.78 is 0. The molecule has 1 aromatic rings. The fourth-order valence-corrected chi connectivity index (χ4v) is 1.43. The third-order valence-electron chi connectivity index (χ3n) is 2.32. The van der Waals surface area contributed by atoms with Crippen molar-refractivity contribution in [2.75, 3.05) is 36.9 Å². The summed E-state index contributed by atoms with van der Waals surface area (Å²) in [7, 11) is 1.83. The smallest absolute Gasteiger partial charge is 0.239 e. The summed E-state index contributed by atoms with van der Waals surface area (Å²) >= 11 is 0. The Balaban J connectivity index is 2.61. The van der Waals surface area contributed by atoms with Gasteiger partial charge in [0.25, 0.3) is 0 Å². The predicted molar refractivity (Wildman–Crippen MR) is 72.8 cm³/mol. The first-order valence-corrected chi connectivity index (χ1v) is 6.22. The number of rotatable bonds is 7. The van der Waals surface area contributed by atoms with E-state index in [-0.39, 0.29) is 12.5 Å². The standard InChI is InChI=1S/C12H21N5O/c1-4-7-14-12-15-8-6-10(16-12)17(3)9-11(18)13-5-2/h6,8H,4-5,7,9H2,1-3H3,(H,13,18)(H,14,15,16). The Morgan fingerprint density at radius 1 is 1.44 bits per heavy atom. The molecule has 0 spiro atoms. The highest BCUT2D eigenvalue weighted by Crippen LogP contribution is 2.09. The molecule has 0 aliphatic heterocycles. The molecule has 0 aliphatic rings. The van der Waals surface area contributed by atoms with E-state index in [1.165, 1.54) is 0 Å². The van der Waals surface area contributed by atoms with Crippen LogP contribution in [0, 0.1) is 0 Å². The molecule has 1 heterocycles. The SMILES string of the molecule is CCCNc1nccc(N(C)CC(=O)NCC)n1. The Labute approximate surface area is 108 Å². The van der Waals surface area contributed by atoms with Crippen LogP contribution in [0.3, 0.4) is 0 Å². The van der Waals surface area contributed by atoms with Crippen LogP contribution in [0.25, 0.3) is 0 Å². The zero-order valence-corrected chi connectivity index (χ0v) is 11.2. The second kappa shape index (κ2) is 7.47. The van der Waals surface area contributed by atoms with Gasteiger partial charge in [-0.25, -0.2) is 4.98 Å². The van der Waals surface area contributed by atoms with Crippen LogP contribution in [0.1, 0.15) is 20.3 Å². The Kier molecular flexibility index (Phi) is 5.90. The normalized spacial score (nSPS) is 9.94. The number of carbonyl (C=O) groups is 1. The van der Waals surface area contributed by atoms with Crippen molar-refractivity contribution in [2.24, 2.45) is 0 Å². The molecular formula is C12H21N5O. The molecule has 1 rings (SSSR count). The summed E-state index contributed by atoms with van der Waals surface area (Å²) in [5.41, 5.74) is 0. The number of hydrogen-bond acceptors (Lipinski definition) is 5. The molecule has 0 radical (unpaired) electrons. The quantitative estimate of drug-likeness (QED) is 0.752. The molecule has 6 nitrogen and oxygen atoms in total. The number of amides is 1. The monoisotopic (exact) mass is 251 g/mol. The van der Waals surface area contributed by atoms with Crippen molar-refractivity contribution in [3.8, 4) is 0 Å². The molecule has 0 saturated carbocycles. The van der Waals surface area contributed by atoms with E-state index >= 15 is 0 Å². The van der Waals surface area contributed by atoms with Gasteiger partial charge in [0.15, 0.2) is 0 Å². The Bertz CT molecular complexity index is 382. The molecule has 0 fully saturated rings. The highest BCUT2D eigenvalue weighted by Gasteiger charge is 2.08. The number of anilines is 2. The summed E-state index contributed by atoms with van der Waals surface area (Å²) in [5, 5.41) is 5.87. The summed E-state index contributed by atoms with van der Waals surface area (Å²) in [4.78, 5) is 21.7. The van der Waals surface area contributed by atoms with Crippen molar-refractivity contribution in [3.63, 3.8) is 0 Å². The topological polar surface area (TPSA) is 70.2 Å². The van der Waals surface area contributed by atoms with Crippen LogP contribution in [-0.2, 0) is 4.79 Å². The minimum Gasteiger partial charge on any atom is -0.355 e. The lowest BCUT2D eigenvalue weighted by Crippen LogP contribution is -2.35. The number of hydrogen-bond donors (Lipinski definition) is 2. The van der Waals surface area contributed by atoms with E-state index in [0.29, 0.717) is 12.5 Å². The molecule has 0 bridgehead atoms. The van der Waals surface area contributed by atoms with Crippen molar-refractivity contribution >= 4 is 17.7 Å². The van der Waals surface area contributed by atoms with Gasteiger partial charge in [-0.3, -0.25) is 4.79 Å². The maximum Gasteiger partial charge on any atom is 0.239 e. The van der Waals surface area contributed by atoms with Gasteiger partial charge in [-0.05, 0) is 19.4 Å². The lowest BCUT2D eigenvalue weighted by Gasteiger charge is -2.17. The summed E-state index contributed by atoms with van der Waals surface area (Å²) in [6, 6.07) is 1.79. The van der Waals surface area contributed by atoms with Crippen LogP contribution in [-0.4, -0.2) is 42.6 Å². The highest BCUT2D eigenvalue weighted by atomic mass is 16.2. The number of nitrogens with one attached hydrogen (secondary N) is 2. The molecule has 100 valence electrons. The number of nitrogens with zero attached hydrogens (tertiary/aromatic N) is 3. The summed E-state index contributed by atoms with van der Waals surface area (Å²) in [6.45, 7) is 5.74. The highest BCUT2D eigenvalue weighted by molar-refractivity contribution is 5.80. The fraction of sp³-hybridized carbons (Fsp3) is 0.583. The van der Waals surface area contributed by atoms with Crippen LogP contribution in [0.15, 0.2) is 12.3 Å². The van der Waals surface area contributed by atoms with Gasteiger partial charge < -0.3 is 15.5 Å². The molecule has 18 heavy (non-hydrogen) atoms. The van der Waals surface area contributed by atoms with Gasteiger partial charge in [-0.1, -0.05) is 6.92 Å². The molecule has 1 amide bonds. The molecule has 2 N–H and O–H groups in total. The number of likely N-dealkylation sites (N-methyl/N-ethyl adjacent to an activating group) is 2. The number of aromatic nitrogens is 2. The second-order valence-corrected chi connectivity index (χ2v) is 3.97. The van der Waals surface area contributed by atoms with Crippen LogP contribution >= 0.6 is 0 Å². The minimum atomic E-state index is -0.0123. The molecule has 0 aromatic carbocycles. The zero-order chi connectivity index (χ0) is 13.4. The van der Waals surface area contributed by atoms with E-state index in [1.54, 1.807) is 17.2 Å². The van der Waals surface area contributed by atoms with E-state index in [4.69, 9.17) is 0 Å². The van der Waals surface area contributed by atoms with Gasteiger partial charge >= 0.3 is 0 Å². The second-order valence-electron chi connectivity index (χ2n) is 3.97. The first kappa shape index (κ1) is 14.2. The zero-order valence-electron chi connectivity index (χ0n) is 11.2. The molecule has 0 unspecified atom stereocenters. The molecule has 0 aliphatic carbocycles. The van der Waals surface area contributed by atoms with Gasteiger partial charge in [0.2, 0.25) is 11.9 Å². The Morgan fingerprint density at radius 2 is 2.22 bits per heavy atom. The third-order valence-corrected chi connectivity index (χ3v) is 2.32. The molecular weight excluding hydrogens is 230 g/mol. The summed E-state index contributed by atoms with van der Waals surface area (Å²) in [6.07, 6.45) is 2.71. The molecule has 1 aromatic heterocycles. The van der Waals surface area contributed by atoms with Crippen molar-refractivity contribution in [1.82, 2.24) is 15.3 Å². The number of carbonyl (C=O) groups excluding carboxylic acids is 1. The van der Waals surface area contributed by atoms with Crippen molar-refractivity contribution in [2.45, 2.75) is 20.3 Å². The van der Waals surface area contributed by atoms with E-state index in [0.717, 1.165) is 18.8 Å². The minimum absolute atomic E-state index is 0.0123. The molecule has 0 saturated heterocycles. The van der Waals surface area contributed by atoms with Crippen LogP contribution < -0.4 is 15.5 Å². The third kappa shape index (κ3) is 4.57. The van der Waals surface area contributed by atoms with Crippen LogP contribution in [0.2, 0.25) is 0 Å². The molecule has 0 atom stereocenters. The van der Waals surface area contributed by atoms with E-state index in [2.05, 4.69) is 27.5 Å². The average Bonchev–Trinajstić information content (AvgIpc) is 2.37. The van der Waals surface area contributed by atoms with E-state index in [1.807, 2.05) is 14.0 Å². The fourth-order valence-electron chi connectivity index (χ4n) is 1.43. The van der Waals surface area contributed by atoms with Gasteiger partial charge in [0.1, 0.15) is 5.82 Å². The van der Waals surface area contributed by atoms with Gasteiger partial charge in [0.05, 0.1) is 6.54 Å². The lowest BCUT2D eigenvalue weighted by atomic mass is 10.4. The lowest BCUT2D eigenvalue weighted by molar-refractivity contribution is -0.119. The van der Waals surface area contributed by atoms with Crippen LogP contribution in [0.4, 0.5) is 11.8 Å². The van der Waals surface area contributed by atoms with E-state index in [9.17, 15) is 4.79 Å². The van der Waals surface area contributed by atoms with Crippen LogP contribution in [0.5, 0.6) is 0 Å². The Morgan fingerprint density at radius 3 is 2.89 bits per heavy atom. The predicted octanol–water partition coefficient (Wildman–Crippen LogP) is 0.871. The van der Waals surface area contributed by atoms with Gasteiger partial charge in [0, 0.05) is 26.3 Å². The first-order valence-electron chi connectivity index (χ1n) is 6.22. The maximum absolute atomic E-state index is 11.5. The Hall–Kier alpha value is -1.85. The first-order chi connectivity index (χ1) is 8.67. The van der Waals surface area contributed by atoms with Crippen molar-refractivity contribution in [1.29, 1.82) is 0 Å². The van der Waals surface area contributed by atoms with Gasteiger partial charge in [-0.2, -0.15) is 4.98 Å². The van der Waals surface area contributed by atoms with Gasteiger partial charge in [-0.15, -0.1) is 0 Å². The average molecular weight is 251 g/mol. The molecule has 6 heteroatoms. The van der Waals surface area contributed by atoms with Crippen molar-refractivity contribution < 1.29 is 4.79 Å². The van der Waals surface area contributed by atoms with E-state index < -0.39 is 0 Å². The summed E-state index contributed by atoms with van der Waals surface area (Å²) in [5.74, 6) is 1.31. The maximum atomic E-state index is 11.5.